The molecule has 0 aromatic heterocycles. The molecule has 0 aliphatic carbocycles. The largest absolute Gasteiger partial charge is 0.493 e. The van der Waals surface area contributed by atoms with Crippen molar-refractivity contribution in [3.05, 3.63) is 28.2 Å². The van der Waals surface area contributed by atoms with Crippen LogP contribution in [0.15, 0.2) is 22.7 Å². The second-order valence-electron chi connectivity index (χ2n) is 5.98. The lowest BCUT2D eigenvalue weighted by Crippen LogP contribution is -2.19. The third-order valence-corrected chi connectivity index (χ3v) is 3.69. The second-order valence-corrected chi connectivity index (χ2v) is 6.90. The van der Waals surface area contributed by atoms with Crippen molar-refractivity contribution in [2.45, 2.75) is 47.1 Å². The van der Waals surface area contributed by atoms with E-state index in [4.69, 9.17) is 4.74 Å². The van der Waals surface area contributed by atoms with Crippen molar-refractivity contribution in [1.29, 1.82) is 0 Å². The molecule has 1 aromatic carbocycles. The highest BCUT2D eigenvalue weighted by Crippen LogP contribution is 2.24. The van der Waals surface area contributed by atoms with E-state index in [2.05, 4.69) is 61.1 Å². The molecule has 20 heavy (non-hydrogen) atoms. The van der Waals surface area contributed by atoms with E-state index < -0.39 is 0 Å². The van der Waals surface area contributed by atoms with Crippen LogP contribution in [0.3, 0.4) is 0 Å². The van der Waals surface area contributed by atoms with Gasteiger partial charge in [-0.15, -0.1) is 0 Å². The van der Waals surface area contributed by atoms with Crippen LogP contribution in [0.1, 0.15) is 46.1 Å². The fraction of sp³-hybridized carbons (Fsp3) is 0.647. The Morgan fingerprint density at radius 3 is 2.65 bits per heavy atom. The van der Waals surface area contributed by atoms with Gasteiger partial charge in [-0.05, 0) is 43.0 Å². The van der Waals surface area contributed by atoms with E-state index in [0.29, 0.717) is 11.8 Å². The highest BCUT2D eigenvalue weighted by atomic mass is 79.9. The fourth-order valence-electron chi connectivity index (χ4n) is 2.13. The third kappa shape index (κ3) is 6.76. The Hall–Kier alpha value is -0.540. The van der Waals surface area contributed by atoms with Gasteiger partial charge in [-0.2, -0.15) is 0 Å². The summed E-state index contributed by atoms with van der Waals surface area (Å²) in [7, 11) is 0. The number of hydrogen-bond acceptors (Lipinski definition) is 2. The number of ether oxygens (including phenoxy) is 1. The standard InChI is InChI=1S/C17H28BrNO/c1-5-6-14(4)12-20-17-8-7-16(18)9-15(17)11-19-10-13(2)3/h7-9,13-14,19H,5-6,10-12H2,1-4H3. The van der Waals surface area contributed by atoms with Crippen molar-refractivity contribution in [2.24, 2.45) is 11.8 Å². The van der Waals surface area contributed by atoms with Gasteiger partial charge >= 0.3 is 0 Å². The predicted molar refractivity (Wildman–Crippen MR) is 90.3 cm³/mol. The third-order valence-electron chi connectivity index (χ3n) is 3.20. The minimum atomic E-state index is 0.611. The van der Waals surface area contributed by atoms with Crippen molar-refractivity contribution in [2.75, 3.05) is 13.2 Å². The van der Waals surface area contributed by atoms with Crippen molar-refractivity contribution >= 4 is 15.9 Å². The van der Waals surface area contributed by atoms with Crippen molar-refractivity contribution in [1.82, 2.24) is 5.32 Å². The Balaban J connectivity index is 2.59. The summed E-state index contributed by atoms with van der Waals surface area (Å²) >= 11 is 3.54. The lowest BCUT2D eigenvalue weighted by atomic mass is 10.1. The van der Waals surface area contributed by atoms with Gasteiger partial charge in [-0.25, -0.2) is 0 Å². The lowest BCUT2D eigenvalue weighted by molar-refractivity contribution is 0.249. The van der Waals surface area contributed by atoms with Gasteiger partial charge in [0.2, 0.25) is 0 Å². The number of rotatable bonds is 9. The van der Waals surface area contributed by atoms with Crippen molar-refractivity contribution in [3.8, 4) is 5.75 Å². The fourth-order valence-corrected chi connectivity index (χ4v) is 2.54. The van der Waals surface area contributed by atoms with E-state index in [0.717, 1.165) is 29.9 Å². The minimum Gasteiger partial charge on any atom is -0.493 e. The predicted octanol–water partition coefficient (Wildman–Crippen LogP) is 5.01. The van der Waals surface area contributed by atoms with Gasteiger partial charge in [0.15, 0.2) is 0 Å². The first kappa shape index (κ1) is 17.5. The average molecular weight is 342 g/mol. The topological polar surface area (TPSA) is 21.3 Å². The van der Waals surface area contributed by atoms with Gasteiger partial charge in [0.25, 0.3) is 0 Å². The number of hydrogen-bond donors (Lipinski definition) is 1. The Morgan fingerprint density at radius 2 is 2.00 bits per heavy atom. The molecule has 1 rings (SSSR count). The van der Waals surface area contributed by atoms with Crippen LogP contribution in [0.25, 0.3) is 0 Å². The van der Waals surface area contributed by atoms with Crippen LogP contribution >= 0.6 is 15.9 Å². The molecule has 1 atom stereocenters. The smallest absolute Gasteiger partial charge is 0.123 e. The van der Waals surface area contributed by atoms with Gasteiger partial charge in [0.1, 0.15) is 5.75 Å². The molecule has 114 valence electrons. The summed E-state index contributed by atoms with van der Waals surface area (Å²) in [6, 6.07) is 6.26. The van der Waals surface area contributed by atoms with E-state index in [1.54, 1.807) is 0 Å². The Bertz CT molecular complexity index is 393. The molecular formula is C17H28BrNO. The number of halogens is 1. The highest BCUT2D eigenvalue weighted by Gasteiger charge is 2.07. The molecule has 1 N–H and O–H groups in total. The van der Waals surface area contributed by atoms with E-state index in [-0.39, 0.29) is 0 Å². The first-order chi connectivity index (χ1) is 9.52. The van der Waals surface area contributed by atoms with Gasteiger partial charge in [-0.3, -0.25) is 0 Å². The number of nitrogens with one attached hydrogen (secondary N) is 1. The summed E-state index contributed by atoms with van der Waals surface area (Å²) in [5, 5.41) is 3.48. The second kappa shape index (κ2) is 9.41. The van der Waals surface area contributed by atoms with Crippen LogP contribution < -0.4 is 10.1 Å². The average Bonchev–Trinajstić information content (AvgIpc) is 2.37. The van der Waals surface area contributed by atoms with Crippen molar-refractivity contribution < 1.29 is 4.74 Å². The molecule has 0 bridgehead atoms. The minimum absolute atomic E-state index is 0.611. The maximum absolute atomic E-state index is 6.00. The first-order valence-corrected chi connectivity index (χ1v) is 8.44. The van der Waals surface area contributed by atoms with E-state index in [1.165, 1.54) is 18.4 Å². The molecule has 0 aliphatic rings. The Kier molecular flexibility index (Phi) is 8.24. The number of benzene rings is 1. The van der Waals surface area contributed by atoms with E-state index >= 15 is 0 Å². The summed E-state index contributed by atoms with van der Waals surface area (Å²) < 4.78 is 7.11. The first-order valence-electron chi connectivity index (χ1n) is 7.64. The summed E-state index contributed by atoms with van der Waals surface area (Å²) in [5.41, 5.74) is 1.23. The molecular weight excluding hydrogens is 314 g/mol. The Morgan fingerprint density at radius 1 is 1.25 bits per heavy atom. The highest BCUT2D eigenvalue weighted by molar-refractivity contribution is 9.10. The molecule has 0 fully saturated rings. The SMILES string of the molecule is CCCC(C)COc1ccc(Br)cc1CNCC(C)C. The van der Waals surface area contributed by atoms with Crippen LogP contribution in [0, 0.1) is 11.8 Å². The Labute approximate surface area is 132 Å². The molecule has 0 saturated carbocycles. The molecule has 3 heteroatoms. The molecule has 0 saturated heterocycles. The molecule has 0 heterocycles. The zero-order chi connectivity index (χ0) is 15.0. The van der Waals surface area contributed by atoms with Crippen LogP contribution in [0.4, 0.5) is 0 Å². The quantitative estimate of drug-likeness (QED) is 0.681. The molecule has 0 amide bonds. The maximum atomic E-state index is 6.00. The molecule has 2 nitrogen and oxygen atoms in total. The van der Waals surface area contributed by atoms with Crippen LogP contribution in [0.5, 0.6) is 5.75 Å². The molecule has 1 aromatic rings. The van der Waals surface area contributed by atoms with Gasteiger partial charge in [0, 0.05) is 16.6 Å². The zero-order valence-corrected chi connectivity index (χ0v) is 14.8. The van der Waals surface area contributed by atoms with Gasteiger partial charge in [0.05, 0.1) is 6.61 Å². The van der Waals surface area contributed by atoms with Crippen LogP contribution in [-0.2, 0) is 6.54 Å². The molecule has 1 unspecified atom stereocenters. The molecule has 0 radical (unpaired) electrons. The van der Waals surface area contributed by atoms with E-state index in [1.807, 2.05) is 6.07 Å². The molecule has 0 spiro atoms. The maximum Gasteiger partial charge on any atom is 0.123 e. The lowest BCUT2D eigenvalue weighted by Gasteiger charge is -2.16. The summed E-state index contributed by atoms with van der Waals surface area (Å²) in [4.78, 5) is 0. The zero-order valence-electron chi connectivity index (χ0n) is 13.2. The molecule has 0 aliphatic heterocycles. The van der Waals surface area contributed by atoms with Crippen molar-refractivity contribution in [3.63, 3.8) is 0 Å². The van der Waals surface area contributed by atoms with Gasteiger partial charge in [-0.1, -0.05) is 50.0 Å². The van der Waals surface area contributed by atoms with Crippen LogP contribution in [-0.4, -0.2) is 13.2 Å². The summed E-state index contributed by atoms with van der Waals surface area (Å²) in [6.07, 6.45) is 2.44. The summed E-state index contributed by atoms with van der Waals surface area (Å²) in [6.45, 7) is 11.6. The summed E-state index contributed by atoms with van der Waals surface area (Å²) in [5.74, 6) is 2.28. The normalized spacial score (nSPS) is 12.7. The van der Waals surface area contributed by atoms with Crippen LogP contribution in [0.2, 0.25) is 0 Å². The van der Waals surface area contributed by atoms with Gasteiger partial charge < -0.3 is 10.1 Å². The monoisotopic (exact) mass is 341 g/mol. The van der Waals surface area contributed by atoms with E-state index in [9.17, 15) is 0 Å².